The zero-order valence-corrected chi connectivity index (χ0v) is 12.1. The first kappa shape index (κ1) is 13.3. The van der Waals surface area contributed by atoms with E-state index in [9.17, 15) is 4.79 Å². The second-order valence-electron chi connectivity index (χ2n) is 5.31. The molecule has 0 bridgehead atoms. The smallest absolute Gasteiger partial charge is 0.239 e. The van der Waals surface area contributed by atoms with Crippen LogP contribution in [0.4, 0.5) is 5.82 Å². The van der Waals surface area contributed by atoms with Crippen molar-refractivity contribution in [3.63, 3.8) is 0 Å². The van der Waals surface area contributed by atoms with Gasteiger partial charge >= 0.3 is 0 Å². The Balaban J connectivity index is 2.02. The van der Waals surface area contributed by atoms with Crippen LogP contribution >= 0.6 is 12.2 Å². The van der Waals surface area contributed by atoms with Crippen LogP contribution in [-0.2, 0) is 17.6 Å². The minimum atomic E-state index is 0.0266. The average Bonchev–Trinajstić information content (AvgIpc) is 2.77. The van der Waals surface area contributed by atoms with Gasteiger partial charge in [-0.05, 0) is 37.3 Å². The zero-order chi connectivity index (χ0) is 14.1. The predicted molar refractivity (Wildman–Crippen MR) is 82.0 cm³/mol. The lowest BCUT2D eigenvalue weighted by atomic mass is 10.1. The molecule has 1 amide bonds. The van der Waals surface area contributed by atoms with Gasteiger partial charge in [0.1, 0.15) is 10.8 Å². The van der Waals surface area contributed by atoms with Gasteiger partial charge in [0.25, 0.3) is 0 Å². The maximum Gasteiger partial charge on any atom is 0.239 e. The lowest BCUT2D eigenvalue weighted by Crippen LogP contribution is -2.35. The third kappa shape index (κ3) is 2.47. The molecule has 0 radical (unpaired) electrons. The molecule has 0 aromatic carbocycles. The van der Waals surface area contributed by atoms with Crippen molar-refractivity contribution >= 4 is 28.9 Å². The van der Waals surface area contributed by atoms with Gasteiger partial charge < -0.3 is 16.0 Å². The average molecular weight is 290 g/mol. The third-order valence-corrected chi connectivity index (χ3v) is 4.08. The Labute approximate surface area is 123 Å². The molecule has 3 rings (SSSR count). The molecular formula is C14H18N4OS. The number of fused-ring (bicyclic) bond motifs is 1. The van der Waals surface area contributed by atoms with Crippen molar-refractivity contribution in [2.45, 2.75) is 25.7 Å². The van der Waals surface area contributed by atoms with Crippen LogP contribution in [0.1, 0.15) is 29.7 Å². The zero-order valence-electron chi connectivity index (χ0n) is 11.3. The van der Waals surface area contributed by atoms with Crippen LogP contribution in [0.5, 0.6) is 0 Å². The van der Waals surface area contributed by atoms with Crippen LogP contribution in [0.15, 0.2) is 6.07 Å². The number of carbonyl (C=O) groups excluding carboxylic acids is 1. The van der Waals surface area contributed by atoms with Gasteiger partial charge in [-0.15, -0.1) is 0 Å². The van der Waals surface area contributed by atoms with E-state index in [2.05, 4.69) is 11.4 Å². The summed E-state index contributed by atoms with van der Waals surface area (Å²) in [6.45, 7) is 1.82. The first-order valence-corrected chi connectivity index (χ1v) is 7.40. The molecule has 0 saturated carbocycles. The summed E-state index contributed by atoms with van der Waals surface area (Å²) in [5, 5.41) is 2.87. The molecule has 0 spiro atoms. The molecule has 1 saturated heterocycles. The molecule has 6 heteroatoms. The molecule has 1 fully saturated rings. The summed E-state index contributed by atoms with van der Waals surface area (Å²) in [7, 11) is 0. The maximum atomic E-state index is 11.7. The molecule has 2 aliphatic rings. The lowest BCUT2D eigenvalue weighted by molar-refractivity contribution is -0.119. The number of amides is 1. The quantitative estimate of drug-likeness (QED) is 0.778. The number of carbonyl (C=O) groups is 1. The topological polar surface area (TPSA) is 71.2 Å². The number of anilines is 1. The van der Waals surface area contributed by atoms with E-state index in [-0.39, 0.29) is 5.91 Å². The second-order valence-corrected chi connectivity index (χ2v) is 5.75. The summed E-state index contributed by atoms with van der Waals surface area (Å²) in [6.07, 6.45) is 4.07. The molecule has 5 nitrogen and oxygen atoms in total. The predicted octanol–water partition coefficient (Wildman–Crippen LogP) is 0.531. The highest BCUT2D eigenvalue weighted by molar-refractivity contribution is 7.80. The molecule has 1 aromatic heterocycles. The molecule has 1 aliphatic heterocycles. The van der Waals surface area contributed by atoms with Crippen LogP contribution < -0.4 is 16.0 Å². The highest BCUT2D eigenvalue weighted by Gasteiger charge is 2.23. The van der Waals surface area contributed by atoms with Crippen LogP contribution in [0.2, 0.25) is 0 Å². The van der Waals surface area contributed by atoms with Crippen LogP contribution in [0, 0.1) is 0 Å². The molecule has 2 heterocycles. The standard InChI is InChI=1S/C14H18N4OS/c15-13(20)10-7-9-3-1-4-11(9)17-14(10)18-6-2-5-16-12(19)8-18/h7H,1-6,8H2,(H2,15,20)(H,16,19). The van der Waals surface area contributed by atoms with E-state index in [0.717, 1.165) is 49.3 Å². The first-order chi connectivity index (χ1) is 9.65. The van der Waals surface area contributed by atoms with E-state index in [1.165, 1.54) is 5.56 Å². The van der Waals surface area contributed by atoms with Gasteiger partial charge in [-0.3, -0.25) is 4.79 Å². The van der Waals surface area contributed by atoms with Crippen LogP contribution in [0.25, 0.3) is 0 Å². The molecular weight excluding hydrogens is 272 g/mol. The molecule has 3 N–H and O–H groups in total. The second kappa shape index (κ2) is 5.36. The van der Waals surface area contributed by atoms with Gasteiger partial charge in [0.15, 0.2) is 0 Å². The number of rotatable bonds is 2. The fourth-order valence-corrected chi connectivity index (χ4v) is 3.02. The Morgan fingerprint density at radius 2 is 2.25 bits per heavy atom. The van der Waals surface area contributed by atoms with Gasteiger partial charge in [-0.1, -0.05) is 12.2 Å². The first-order valence-electron chi connectivity index (χ1n) is 6.99. The van der Waals surface area contributed by atoms with Crippen molar-refractivity contribution in [2.24, 2.45) is 5.73 Å². The largest absolute Gasteiger partial charge is 0.389 e. The molecule has 1 aromatic rings. The van der Waals surface area contributed by atoms with Gasteiger partial charge in [-0.25, -0.2) is 4.98 Å². The number of nitrogens with two attached hydrogens (primary N) is 1. The Hall–Kier alpha value is -1.69. The summed E-state index contributed by atoms with van der Waals surface area (Å²) < 4.78 is 0. The van der Waals surface area contributed by atoms with Crippen LogP contribution in [-0.4, -0.2) is 35.5 Å². The number of nitrogens with one attached hydrogen (secondary N) is 1. The monoisotopic (exact) mass is 290 g/mol. The summed E-state index contributed by atoms with van der Waals surface area (Å²) in [4.78, 5) is 18.8. The Bertz CT molecular complexity index is 573. The van der Waals surface area contributed by atoms with Gasteiger partial charge in [0.2, 0.25) is 5.91 Å². The Morgan fingerprint density at radius 3 is 3.05 bits per heavy atom. The van der Waals surface area contributed by atoms with Crippen LogP contribution in [0.3, 0.4) is 0 Å². The number of thiocarbonyl (C=S) groups is 1. The number of aryl methyl sites for hydroxylation is 2. The highest BCUT2D eigenvalue weighted by Crippen LogP contribution is 2.27. The van der Waals surface area contributed by atoms with Gasteiger partial charge in [0, 0.05) is 18.8 Å². The molecule has 106 valence electrons. The van der Waals surface area contributed by atoms with E-state index in [0.29, 0.717) is 18.1 Å². The number of pyridine rings is 1. The fourth-order valence-electron chi connectivity index (χ4n) is 2.87. The molecule has 0 unspecified atom stereocenters. The van der Waals surface area contributed by atoms with E-state index in [1.807, 2.05) is 4.90 Å². The number of hydrogen-bond acceptors (Lipinski definition) is 4. The van der Waals surface area contributed by atoms with Gasteiger partial charge in [-0.2, -0.15) is 0 Å². The number of aromatic nitrogens is 1. The summed E-state index contributed by atoms with van der Waals surface area (Å²) in [5.74, 6) is 0.800. The minimum Gasteiger partial charge on any atom is -0.389 e. The highest BCUT2D eigenvalue weighted by atomic mass is 32.1. The van der Waals surface area contributed by atoms with E-state index >= 15 is 0 Å². The fraction of sp³-hybridized carbons (Fsp3) is 0.500. The van der Waals surface area contributed by atoms with E-state index in [4.69, 9.17) is 22.9 Å². The number of nitrogens with zero attached hydrogens (tertiary/aromatic N) is 2. The normalized spacial score (nSPS) is 18.4. The van der Waals surface area contributed by atoms with Crippen molar-refractivity contribution < 1.29 is 4.79 Å². The molecule has 1 aliphatic carbocycles. The lowest BCUT2D eigenvalue weighted by Gasteiger charge is -2.23. The number of hydrogen-bond donors (Lipinski definition) is 2. The maximum absolute atomic E-state index is 11.7. The molecule has 0 atom stereocenters. The summed E-state index contributed by atoms with van der Waals surface area (Å²) in [5.41, 5.74) is 9.03. The minimum absolute atomic E-state index is 0.0266. The third-order valence-electron chi connectivity index (χ3n) is 3.86. The summed E-state index contributed by atoms with van der Waals surface area (Å²) in [6, 6.07) is 2.07. The Morgan fingerprint density at radius 1 is 1.40 bits per heavy atom. The summed E-state index contributed by atoms with van der Waals surface area (Å²) >= 11 is 5.16. The van der Waals surface area contributed by atoms with E-state index < -0.39 is 0 Å². The van der Waals surface area contributed by atoms with Crippen molar-refractivity contribution in [1.82, 2.24) is 10.3 Å². The molecule has 20 heavy (non-hydrogen) atoms. The van der Waals surface area contributed by atoms with Crippen molar-refractivity contribution in [1.29, 1.82) is 0 Å². The Kier molecular flexibility index (Phi) is 3.56. The van der Waals surface area contributed by atoms with Crippen molar-refractivity contribution in [3.05, 3.63) is 22.9 Å². The van der Waals surface area contributed by atoms with Crippen molar-refractivity contribution in [3.8, 4) is 0 Å². The van der Waals surface area contributed by atoms with E-state index in [1.54, 1.807) is 0 Å². The SMILES string of the molecule is NC(=S)c1cc2c(nc1N1CCCNC(=O)C1)CCC2. The van der Waals surface area contributed by atoms with Crippen molar-refractivity contribution in [2.75, 3.05) is 24.5 Å². The van der Waals surface area contributed by atoms with Gasteiger partial charge in [0.05, 0.1) is 12.1 Å².